The molecule has 0 atom stereocenters. The molecule has 33 heavy (non-hydrogen) atoms. The highest BCUT2D eigenvalue weighted by Gasteiger charge is 2.31. The Morgan fingerprint density at radius 2 is 1.97 bits per heavy atom. The lowest BCUT2D eigenvalue weighted by Crippen LogP contribution is -2.39. The van der Waals surface area contributed by atoms with E-state index < -0.39 is 28.6 Å². The molecule has 0 radical (unpaired) electrons. The van der Waals surface area contributed by atoms with Gasteiger partial charge in [-0.3, -0.25) is 19.0 Å². The van der Waals surface area contributed by atoms with Gasteiger partial charge in [-0.2, -0.15) is 9.61 Å². The Balaban J connectivity index is 1.83. The van der Waals surface area contributed by atoms with Crippen LogP contribution in [0.25, 0.3) is 11.7 Å². The van der Waals surface area contributed by atoms with Gasteiger partial charge in [0.05, 0.1) is 25.5 Å². The Kier molecular flexibility index (Phi) is 6.00. The molecule has 1 saturated carbocycles. The number of halogens is 1. The van der Waals surface area contributed by atoms with Crippen LogP contribution in [0, 0.1) is 6.92 Å². The maximum atomic E-state index is 14.7. The minimum atomic E-state index is -1.78. The van der Waals surface area contributed by atoms with Crippen molar-refractivity contribution in [2.24, 2.45) is 0 Å². The van der Waals surface area contributed by atoms with E-state index in [0.29, 0.717) is 37.6 Å². The lowest BCUT2D eigenvalue weighted by Gasteiger charge is -2.25. The Morgan fingerprint density at radius 3 is 2.58 bits per heavy atom. The van der Waals surface area contributed by atoms with Crippen molar-refractivity contribution in [3.8, 4) is 5.88 Å². The molecule has 2 amide bonds. The summed E-state index contributed by atoms with van der Waals surface area (Å²) >= 11 is 0. The number of amides is 2. The number of aromatic hydroxyl groups is 1. The van der Waals surface area contributed by atoms with Crippen molar-refractivity contribution in [1.82, 2.24) is 24.4 Å². The van der Waals surface area contributed by atoms with Crippen LogP contribution in [0.5, 0.6) is 5.88 Å². The summed E-state index contributed by atoms with van der Waals surface area (Å²) < 4.78 is 22.1. The lowest BCUT2D eigenvalue weighted by atomic mass is 10.1. The van der Waals surface area contributed by atoms with Crippen molar-refractivity contribution in [2.75, 3.05) is 26.3 Å². The Labute approximate surface area is 189 Å². The van der Waals surface area contributed by atoms with Gasteiger partial charge in [0.25, 0.3) is 11.5 Å². The predicted octanol–water partition coefficient (Wildman–Crippen LogP) is 1.02. The highest BCUT2D eigenvalue weighted by atomic mass is 19.1. The molecule has 1 saturated heterocycles. The van der Waals surface area contributed by atoms with Crippen LogP contribution in [-0.2, 0) is 16.1 Å². The van der Waals surface area contributed by atoms with Crippen molar-refractivity contribution in [3.63, 3.8) is 0 Å². The number of aromatic nitrogens is 3. The predicted molar refractivity (Wildman–Crippen MR) is 118 cm³/mol. The number of carbonyl (C=O) groups excluding carboxylic acids is 2. The fourth-order valence-electron chi connectivity index (χ4n) is 3.81. The highest BCUT2D eigenvalue weighted by Crippen LogP contribution is 2.27. The van der Waals surface area contributed by atoms with Crippen LogP contribution in [0.15, 0.2) is 10.9 Å². The van der Waals surface area contributed by atoms with Gasteiger partial charge >= 0.3 is 0 Å². The third-order valence-electron chi connectivity index (χ3n) is 5.61. The second-order valence-corrected chi connectivity index (χ2v) is 9.06. The molecule has 178 valence electrons. The summed E-state index contributed by atoms with van der Waals surface area (Å²) in [4.78, 5) is 40.0. The summed E-state index contributed by atoms with van der Waals surface area (Å²) in [5, 5.41) is 17.9. The summed E-state index contributed by atoms with van der Waals surface area (Å²) in [6, 6.07) is -0.0397. The van der Waals surface area contributed by atoms with Gasteiger partial charge < -0.3 is 20.1 Å². The first-order chi connectivity index (χ1) is 15.6. The molecule has 2 aromatic rings. The smallest absolute Gasteiger partial charge is 0.291 e. The zero-order valence-electron chi connectivity index (χ0n) is 18.9. The van der Waals surface area contributed by atoms with Crippen molar-refractivity contribution in [2.45, 2.75) is 51.9 Å². The third-order valence-corrected chi connectivity index (χ3v) is 5.61. The fraction of sp³-hybridized carbons (Fsp3) is 0.545. The highest BCUT2D eigenvalue weighted by molar-refractivity contribution is 5.97. The van der Waals surface area contributed by atoms with Crippen molar-refractivity contribution in [3.05, 3.63) is 33.3 Å². The number of ether oxygens (including phenoxy) is 1. The van der Waals surface area contributed by atoms with Gasteiger partial charge in [0.1, 0.15) is 11.3 Å². The molecule has 2 N–H and O–H groups in total. The number of fused-ring (bicyclic) bond motifs is 1. The molecule has 1 aliphatic heterocycles. The van der Waals surface area contributed by atoms with Gasteiger partial charge in [-0.05, 0) is 39.7 Å². The van der Waals surface area contributed by atoms with E-state index in [-0.39, 0.29) is 24.1 Å². The Hall–Kier alpha value is -3.21. The lowest BCUT2D eigenvalue weighted by molar-refractivity contribution is -0.129. The van der Waals surface area contributed by atoms with Crippen molar-refractivity contribution in [1.29, 1.82) is 0 Å². The van der Waals surface area contributed by atoms with E-state index in [1.807, 2.05) is 0 Å². The number of hydrogen-bond acceptors (Lipinski definition) is 6. The maximum absolute atomic E-state index is 14.7. The van der Waals surface area contributed by atoms with Gasteiger partial charge in [-0.15, -0.1) is 0 Å². The molecule has 2 aliphatic rings. The average molecular weight is 461 g/mol. The first-order valence-electron chi connectivity index (χ1n) is 11.0. The van der Waals surface area contributed by atoms with E-state index in [0.717, 1.165) is 17.4 Å². The van der Waals surface area contributed by atoms with Crippen molar-refractivity contribution >= 4 is 23.5 Å². The van der Waals surface area contributed by atoms with Crippen molar-refractivity contribution < 1.29 is 23.8 Å². The molecule has 2 fully saturated rings. The topological polar surface area (TPSA) is 118 Å². The summed E-state index contributed by atoms with van der Waals surface area (Å²) in [7, 11) is 0. The van der Waals surface area contributed by atoms with E-state index in [4.69, 9.17) is 4.74 Å². The summed E-state index contributed by atoms with van der Waals surface area (Å²) in [5.41, 5.74) is -2.20. The number of rotatable bonds is 6. The quantitative estimate of drug-likeness (QED) is 0.621. The molecule has 0 unspecified atom stereocenters. The molecule has 2 aromatic heterocycles. The fourth-order valence-corrected chi connectivity index (χ4v) is 3.81. The summed E-state index contributed by atoms with van der Waals surface area (Å²) in [5.74, 6) is -1.59. The normalized spacial score (nSPS) is 17.2. The minimum absolute atomic E-state index is 0.0397. The standard InChI is InChI=1S/C22H28FN5O5/c1-13-15(6-7-16(29)26-8-10-33-11-9-26)19-27(12-22(2,3)23)20(31)17(21(32)28(19)25-13)18(30)24-14-4-5-14/h6-7,14,31H,4-5,8-12H2,1-3H3,(H,24,30). The molecular formula is C22H28FN5O5. The third kappa shape index (κ3) is 4.77. The molecular weight excluding hydrogens is 433 g/mol. The van der Waals surface area contributed by atoms with Crippen LogP contribution in [-0.4, -0.2) is 74.0 Å². The van der Waals surface area contributed by atoms with E-state index in [1.165, 1.54) is 30.6 Å². The van der Waals surface area contributed by atoms with Gasteiger partial charge in [0.15, 0.2) is 5.56 Å². The van der Waals surface area contributed by atoms with Gasteiger partial charge in [-0.25, -0.2) is 4.39 Å². The van der Waals surface area contributed by atoms with Gasteiger partial charge in [0.2, 0.25) is 11.8 Å². The van der Waals surface area contributed by atoms with Crippen LogP contribution in [0.4, 0.5) is 4.39 Å². The summed E-state index contributed by atoms with van der Waals surface area (Å²) in [6.45, 7) is 5.81. The number of morpholine rings is 1. The number of nitrogens with zero attached hydrogens (tertiary/aromatic N) is 4. The van der Waals surface area contributed by atoms with Crippen LogP contribution in [0.1, 0.15) is 48.3 Å². The Morgan fingerprint density at radius 1 is 1.30 bits per heavy atom. The molecule has 10 nitrogen and oxygen atoms in total. The van der Waals surface area contributed by atoms with E-state index in [1.54, 1.807) is 11.8 Å². The van der Waals surface area contributed by atoms with Crippen LogP contribution in [0.3, 0.4) is 0 Å². The van der Waals surface area contributed by atoms with E-state index >= 15 is 0 Å². The Bertz CT molecular complexity index is 1180. The van der Waals surface area contributed by atoms with Crippen LogP contribution in [0.2, 0.25) is 0 Å². The second-order valence-electron chi connectivity index (χ2n) is 9.06. The molecule has 0 bridgehead atoms. The van der Waals surface area contributed by atoms with Gasteiger partial charge in [0, 0.05) is 30.8 Å². The van der Waals surface area contributed by atoms with E-state index in [9.17, 15) is 23.9 Å². The molecule has 0 aromatic carbocycles. The van der Waals surface area contributed by atoms with Gasteiger partial charge in [-0.1, -0.05) is 0 Å². The first kappa shape index (κ1) is 23.0. The number of aryl methyl sites for hydroxylation is 1. The molecule has 0 spiro atoms. The monoisotopic (exact) mass is 461 g/mol. The summed E-state index contributed by atoms with van der Waals surface area (Å²) in [6.07, 6.45) is 4.45. The zero-order valence-corrected chi connectivity index (χ0v) is 18.9. The molecule has 3 heterocycles. The first-order valence-corrected chi connectivity index (χ1v) is 11.0. The number of carbonyl (C=O) groups is 2. The molecule has 11 heteroatoms. The average Bonchev–Trinajstić information content (AvgIpc) is 3.50. The molecule has 4 rings (SSSR count). The minimum Gasteiger partial charge on any atom is -0.494 e. The number of nitrogens with one attached hydrogen (secondary N) is 1. The second kappa shape index (κ2) is 8.62. The van der Waals surface area contributed by atoms with Crippen LogP contribution < -0.4 is 10.9 Å². The molecule has 1 aliphatic carbocycles. The number of alkyl halides is 1. The SMILES string of the molecule is Cc1nn2c(=O)c(C(=O)NC3CC3)c(O)n(CC(C)(C)F)c2c1C=CC(=O)N1CCOCC1. The van der Waals surface area contributed by atoms with Crippen LogP contribution >= 0.6 is 0 Å². The number of hydrogen-bond donors (Lipinski definition) is 2. The largest absolute Gasteiger partial charge is 0.494 e. The van der Waals surface area contributed by atoms with E-state index in [2.05, 4.69) is 10.4 Å². The maximum Gasteiger partial charge on any atom is 0.291 e. The zero-order chi connectivity index (χ0) is 23.9.